The van der Waals surface area contributed by atoms with Gasteiger partial charge in [0, 0.05) is 24.0 Å². The predicted molar refractivity (Wildman–Crippen MR) is 124 cm³/mol. The zero-order valence-corrected chi connectivity index (χ0v) is 18.8. The first-order chi connectivity index (χ1) is 17.2. The Balaban J connectivity index is 1.88. The van der Waals surface area contributed by atoms with Gasteiger partial charge in [-0.05, 0) is 35.7 Å². The Morgan fingerprint density at radius 2 is 1.67 bits per heavy atom. The van der Waals surface area contributed by atoms with E-state index >= 15 is 0 Å². The molecular weight excluding hydrogens is 481 g/mol. The lowest BCUT2D eigenvalue weighted by atomic mass is 10.2. The monoisotopic (exact) mass is 500 g/mol. The lowest BCUT2D eigenvalue weighted by molar-refractivity contribution is 0.444. The second-order valence-electron chi connectivity index (χ2n) is 7.79. The number of halogens is 3. The average Bonchev–Trinajstić information content (AvgIpc) is 2.84. The van der Waals surface area contributed by atoms with E-state index in [1.165, 1.54) is 30.6 Å². The zero-order chi connectivity index (χ0) is 26.0. The van der Waals surface area contributed by atoms with Crippen LogP contribution >= 0.6 is 0 Å². The molecule has 13 heteroatoms. The maximum atomic E-state index is 13.8. The predicted octanol–water partition coefficient (Wildman–Crippen LogP) is 1.60. The van der Waals surface area contributed by atoms with Gasteiger partial charge in [0.2, 0.25) is 11.5 Å². The van der Waals surface area contributed by atoms with Crippen molar-refractivity contribution >= 4 is 11.6 Å². The summed E-state index contributed by atoms with van der Waals surface area (Å²) in [6.45, 7) is 0.852. The number of pyridine rings is 2. The molecule has 4 rings (SSSR count). The minimum Gasteiger partial charge on any atom is -0.329 e. The van der Waals surface area contributed by atoms with Crippen molar-refractivity contribution < 1.29 is 13.2 Å². The number of aryl methyl sites for hydroxylation is 1. The molecule has 0 aliphatic carbocycles. The Bertz CT molecular complexity index is 1670. The van der Waals surface area contributed by atoms with Crippen molar-refractivity contribution in [2.24, 2.45) is 0 Å². The van der Waals surface area contributed by atoms with Gasteiger partial charge < -0.3 is 15.3 Å². The van der Waals surface area contributed by atoms with Crippen LogP contribution in [-0.4, -0.2) is 24.1 Å². The Morgan fingerprint density at radius 1 is 0.944 bits per heavy atom. The molecule has 10 nitrogen and oxygen atoms in total. The van der Waals surface area contributed by atoms with E-state index in [1.807, 2.05) is 0 Å². The summed E-state index contributed by atoms with van der Waals surface area (Å²) in [6, 6.07) is 5.67. The van der Waals surface area contributed by atoms with Crippen LogP contribution in [0.2, 0.25) is 0 Å². The number of aromatic nitrogens is 5. The van der Waals surface area contributed by atoms with Crippen LogP contribution in [-0.2, 0) is 19.5 Å². The fourth-order valence-corrected chi connectivity index (χ4v) is 3.58. The van der Waals surface area contributed by atoms with Crippen LogP contribution in [0.4, 0.5) is 24.8 Å². The highest BCUT2D eigenvalue weighted by Crippen LogP contribution is 2.19. The molecule has 0 amide bonds. The van der Waals surface area contributed by atoms with E-state index < -0.39 is 47.5 Å². The quantitative estimate of drug-likeness (QED) is 0.330. The van der Waals surface area contributed by atoms with Gasteiger partial charge in [-0.15, -0.1) is 0 Å². The smallest absolute Gasteiger partial charge is 0.329 e. The standard InChI is InChI=1S/C23H19F3N6O4/c1-2-13-8-18(33)28-9-17(13)29-21-30-22(35)32(11-14-4-3-5-27-20(14)34)23(36)31(21)10-12-6-15(24)19(26)16(25)7-12/h3-9H,2,10-11H2,1H3,(H,27,34)(H,28,33)(H,29,30,35). The molecule has 0 atom stereocenters. The minimum absolute atomic E-state index is 0.0959. The van der Waals surface area contributed by atoms with E-state index in [-0.39, 0.29) is 22.6 Å². The van der Waals surface area contributed by atoms with Gasteiger partial charge in [-0.2, -0.15) is 4.98 Å². The van der Waals surface area contributed by atoms with Crippen LogP contribution in [0.15, 0.2) is 61.9 Å². The Labute approximate surface area is 199 Å². The van der Waals surface area contributed by atoms with E-state index in [4.69, 9.17) is 0 Å². The second kappa shape index (κ2) is 9.90. The molecule has 0 unspecified atom stereocenters. The molecule has 3 heterocycles. The van der Waals surface area contributed by atoms with Gasteiger partial charge in [-0.3, -0.25) is 14.2 Å². The van der Waals surface area contributed by atoms with Crippen LogP contribution in [0.1, 0.15) is 23.6 Å². The van der Waals surface area contributed by atoms with Gasteiger partial charge >= 0.3 is 11.4 Å². The molecule has 1 aromatic carbocycles. The van der Waals surface area contributed by atoms with Crippen molar-refractivity contribution in [3.8, 4) is 0 Å². The molecule has 36 heavy (non-hydrogen) atoms. The van der Waals surface area contributed by atoms with E-state index in [1.54, 1.807) is 6.92 Å². The molecule has 0 spiro atoms. The molecule has 3 aromatic heterocycles. The van der Waals surface area contributed by atoms with Gasteiger partial charge in [0.05, 0.1) is 18.8 Å². The summed E-state index contributed by atoms with van der Waals surface area (Å²) in [7, 11) is 0. The van der Waals surface area contributed by atoms with E-state index in [2.05, 4.69) is 20.3 Å². The number of aromatic amines is 2. The summed E-state index contributed by atoms with van der Waals surface area (Å²) in [4.78, 5) is 58.7. The molecule has 0 aliphatic heterocycles. The largest absolute Gasteiger partial charge is 0.355 e. The first-order valence-electron chi connectivity index (χ1n) is 10.7. The summed E-state index contributed by atoms with van der Waals surface area (Å²) in [5.74, 6) is -4.89. The van der Waals surface area contributed by atoms with Crippen molar-refractivity contribution in [3.63, 3.8) is 0 Å². The number of nitrogens with one attached hydrogen (secondary N) is 3. The third-order valence-electron chi connectivity index (χ3n) is 5.40. The highest BCUT2D eigenvalue weighted by molar-refractivity contribution is 5.57. The fraction of sp³-hybridized carbons (Fsp3) is 0.174. The topological polar surface area (TPSA) is 135 Å². The Kier molecular flexibility index (Phi) is 6.72. The lowest BCUT2D eigenvalue weighted by Gasteiger charge is -2.17. The van der Waals surface area contributed by atoms with Crippen molar-refractivity contribution in [2.75, 3.05) is 5.32 Å². The van der Waals surface area contributed by atoms with Gasteiger partial charge in [-0.25, -0.2) is 27.3 Å². The average molecular weight is 500 g/mol. The summed E-state index contributed by atoms with van der Waals surface area (Å²) < 4.78 is 42.7. The van der Waals surface area contributed by atoms with Gasteiger partial charge in [-0.1, -0.05) is 13.0 Å². The highest BCUT2D eigenvalue weighted by atomic mass is 19.2. The number of rotatable bonds is 7. The molecule has 0 saturated carbocycles. The molecule has 3 N–H and O–H groups in total. The molecular formula is C23H19F3N6O4. The SMILES string of the molecule is CCc1cc(=O)[nH]cc1Nc1nc(=O)n(Cc2ccc[nH]c2=O)c(=O)n1Cc1cc(F)c(F)c(F)c1. The third kappa shape index (κ3) is 4.89. The van der Waals surface area contributed by atoms with E-state index in [0.717, 1.165) is 4.57 Å². The number of nitrogens with zero attached hydrogens (tertiary/aromatic N) is 3. The van der Waals surface area contributed by atoms with Crippen LogP contribution in [0.25, 0.3) is 0 Å². The van der Waals surface area contributed by atoms with Gasteiger partial charge in [0.25, 0.3) is 5.56 Å². The first kappa shape index (κ1) is 24.4. The third-order valence-corrected chi connectivity index (χ3v) is 5.40. The molecule has 0 aliphatic rings. The van der Waals surface area contributed by atoms with Crippen molar-refractivity contribution in [1.82, 2.24) is 24.1 Å². The number of benzene rings is 1. The van der Waals surface area contributed by atoms with Crippen molar-refractivity contribution in [1.29, 1.82) is 0 Å². The molecule has 4 aromatic rings. The first-order valence-corrected chi connectivity index (χ1v) is 10.7. The number of hydrogen-bond donors (Lipinski definition) is 3. The molecule has 0 radical (unpaired) electrons. The molecule has 0 fully saturated rings. The minimum atomic E-state index is -1.67. The summed E-state index contributed by atoms with van der Waals surface area (Å²) >= 11 is 0. The maximum Gasteiger partial charge on any atom is 0.355 e. The van der Waals surface area contributed by atoms with Crippen molar-refractivity contribution in [3.05, 3.63) is 119 Å². The Hall–Kier alpha value is -4.68. The van der Waals surface area contributed by atoms with Crippen LogP contribution in [0.3, 0.4) is 0 Å². The fourth-order valence-electron chi connectivity index (χ4n) is 3.58. The van der Waals surface area contributed by atoms with E-state index in [0.29, 0.717) is 34.4 Å². The second-order valence-corrected chi connectivity index (χ2v) is 7.79. The Morgan fingerprint density at radius 3 is 2.33 bits per heavy atom. The van der Waals surface area contributed by atoms with Gasteiger partial charge in [0.1, 0.15) is 0 Å². The summed E-state index contributed by atoms with van der Waals surface area (Å²) in [5, 5.41) is 2.80. The molecule has 186 valence electrons. The normalized spacial score (nSPS) is 11.0. The van der Waals surface area contributed by atoms with E-state index in [9.17, 15) is 32.3 Å². The van der Waals surface area contributed by atoms with Crippen molar-refractivity contribution in [2.45, 2.75) is 26.4 Å². The summed E-state index contributed by atoms with van der Waals surface area (Å²) in [5.41, 5.74) is -2.01. The molecule has 0 saturated heterocycles. The summed E-state index contributed by atoms with van der Waals surface area (Å²) in [6.07, 6.45) is 3.12. The van der Waals surface area contributed by atoms with Crippen LogP contribution in [0, 0.1) is 17.5 Å². The van der Waals surface area contributed by atoms with Crippen LogP contribution < -0.4 is 27.8 Å². The number of H-pyrrole nitrogens is 2. The van der Waals surface area contributed by atoms with Gasteiger partial charge in [0.15, 0.2) is 17.5 Å². The van der Waals surface area contributed by atoms with Crippen LogP contribution in [0.5, 0.6) is 0 Å². The highest BCUT2D eigenvalue weighted by Gasteiger charge is 2.18. The maximum absolute atomic E-state index is 13.8. The lowest BCUT2D eigenvalue weighted by Crippen LogP contribution is -2.43. The number of hydrogen-bond acceptors (Lipinski definition) is 6. The zero-order valence-electron chi connectivity index (χ0n) is 18.8. The molecule has 0 bridgehead atoms. The number of anilines is 2.